The van der Waals surface area contributed by atoms with Crippen LogP contribution in [0.4, 0.5) is 9.18 Å². The van der Waals surface area contributed by atoms with Gasteiger partial charge in [-0.25, -0.2) is 4.39 Å². The number of carbonyl (C=O) groups is 2. The van der Waals surface area contributed by atoms with Gasteiger partial charge in [0.2, 0.25) is 0 Å². The maximum absolute atomic E-state index is 13.2. The lowest BCUT2D eigenvalue weighted by molar-refractivity contribution is -0.125. The van der Waals surface area contributed by atoms with Gasteiger partial charge in [0.05, 0.1) is 24.8 Å². The highest BCUT2D eigenvalue weighted by Crippen LogP contribution is 2.32. The van der Waals surface area contributed by atoms with Crippen molar-refractivity contribution in [3.05, 3.63) is 40.6 Å². The number of thioether (sulfide) groups is 1. The molecule has 0 aromatic heterocycles. The first-order chi connectivity index (χ1) is 10.6. The van der Waals surface area contributed by atoms with Crippen LogP contribution in [0.15, 0.2) is 29.2 Å². The predicted molar refractivity (Wildman–Crippen MR) is 81.5 cm³/mol. The van der Waals surface area contributed by atoms with Crippen LogP contribution in [-0.4, -0.2) is 53.9 Å². The summed E-state index contributed by atoms with van der Waals surface area (Å²) in [6.45, 7) is 2.88. The summed E-state index contributed by atoms with van der Waals surface area (Å²) in [4.78, 5) is 27.9. The van der Waals surface area contributed by atoms with Gasteiger partial charge >= 0.3 is 0 Å². The summed E-state index contributed by atoms with van der Waals surface area (Å²) in [5, 5.41) is -0.292. The molecule has 5 nitrogen and oxygen atoms in total. The molecule has 116 valence electrons. The number of morpholine rings is 1. The first kappa shape index (κ1) is 15.2. The number of hydrogen-bond donors (Lipinski definition) is 0. The molecular formula is C15H15FN2O3S. The molecule has 0 spiro atoms. The molecule has 0 radical (unpaired) electrons. The molecular weight excluding hydrogens is 307 g/mol. The van der Waals surface area contributed by atoms with E-state index in [-0.39, 0.29) is 23.6 Å². The molecule has 3 rings (SSSR count). The Balaban J connectivity index is 1.73. The van der Waals surface area contributed by atoms with Gasteiger partial charge in [-0.1, -0.05) is 12.1 Å². The average molecular weight is 322 g/mol. The number of halogens is 1. The topological polar surface area (TPSA) is 49.9 Å². The Morgan fingerprint density at radius 1 is 1.27 bits per heavy atom. The van der Waals surface area contributed by atoms with E-state index in [0.717, 1.165) is 11.8 Å². The second-order valence-electron chi connectivity index (χ2n) is 5.04. The van der Waals surface area contributed by atoms with Crippen molar-refractivity contribution in [2.24, 2.45) is 0 Å². The first-order valence-electron chi connectivity index (χ1n) is 6.94. The van der Waals surface area contributed by atoms with Crippen LogP contribution in [0.25, 0.3) is 6.08 Å². The van der Waals surface area contributed by atoms with Crippen molar-refractivity contribution < 1.29 is 18.7 Å². The van der Waals surface area contributed by atoms with Gasteiger partial charge in [-0.3, -0.25) is 19.4 Å². The van der Waals surface area contributed by atoms with E-state index in [1.807, 2.05) is 4.90 Å². The Kier molecular flexibility index (Phi) is 4.56. The summed E-state index contributed by atoms with van der Waals surface area (Å²) in [5.74, 6) is -0.702. The Morgan fingerprint density at radius 3 is 2.77 bits per heavy atom. The summed E-state index contributed by atoms with van der Waals surface area (Å²) in [5.41, 5.74) is 0.567. The van der Waals surface area contributed by atoms with Gasteiger partial charge in [0.25, 0.3) is 11.1 Å². The van der Waals surface area contributed by atoms with Crippen molar-refractivity contribution >= 4 is 29.0 Å². The van der Waals surface area contributed by atoms with E-state index >= 15 is 0 Å². The number of rotatable bonds is 3. The number of nitrogens with zero attached hydrogens (tertiary/aromatic N) is 2. The van der Waals surface area contributed by atoms with Crippen LogP contribution in [0, 0.1) is 5.82 Å². The number of hydrogen-bond acceptors (Lipinski definition) is 5. The highest BCUT2D eigenvalue weighted by molar-refractivity contribution is 8.18. The molecule has 1 aromatic rings. The maximum Gasteiger partial charge on any atom is 0.294 e. The molecule has 0 atom stereocenters. The molecule has 2 fully saturated rings. The van der Waals surface area contributed by atoms with Crippen molar-refractivity contribution in [3.63, 3.8) is 0 Å². The molecule has 0 unspecified atom stereocenters. The molecule has 0 saturated carbocycles. The molecule has 0 N–H and O–H groups in total. The lowest BCUT2D eigenvalue weighted by Crippen LogP contribution is -2.45. The van der Waals surface area contributed by atoms with Gasteiger partial charge in [0.1, 0.15) is 5.82 Å². The van der Waals surface area contributed by atoms with Crippen LogP contribution in [0.2, 0.25) is 0 Å². The van der Waals surface area contributed by atoms with Gasteiger partial charge in [0, 0.05) is 13.1 Å². The Bertz CT molecular complexity index is 629. The summed E-state index contributed by atoms with van der Waals surface area (Å²) < 4.78 is 18.4. The summed E-state index contributed by atoms with van der Waals surface area (Å²) in [6, 6.07) is 5.93. The van der Waals surface area contributed by atoms with E-state index < -0.39 is 0 Å². The molecule has 2 amide bonds. The third-order valence-corrected chi connectivity index (χ3v) is 4.37. The number of imide groups is 1. The quantitative estimate of drug-likeness (QED) is 0.798. The van der Waals surface area contributed by atoms with Crippen LogP contribution in [0.1, 0.15) is 5.56 Å². The van der Waals surface area contributed by atoms with Crippen LogP contribution >= 0.6 is 11.8 Å². The van der Waals surface area contributed by atoms with Gasteiger partial charge in [0.15, 0.2) is 0 Å². The monoisotopic (exact) mass is 322 g/mol. The largest absolute Gasteiger partial charge is 0.379 e. The fourth-order valence-corrected chi connectivity index (χ4v) is 3.14. The van der Waals surface area contributed by atoms with E-state index in [1.54, 1.807) is 18.2 Å². The van der Waals surface area contributed by atoms with Gasteiger partial charge in [-0.05, 0) is 35.5 Å². The second kappa shape index (κ2) is 6.60. The lowest BCUT2D eigenvalue weighted by atomic mass is 10.2. The third-order valence-electron chi connectivity index (χ3n) is 3.47. The van der Waals surface area contributed by atoms with E-state index in [4.69, 9.17) is 4.74 Å². The molecule has 2 heterocycles. The Hall–Kier alpha value is -1.70. The van der Waals surface area contributed by atoms with Crippen molar-refractivity contribution in [2.45, 2.75) is 0 Å². The maximum atomic E-state index is 13.2. The van der Waals surface area contributed by atoms with E-state index in [9.17, 15) is 14.0 Å². The number of amides is 2. The zero-order valence-corrected chi connectivity index (χ0v) is 12.6. The number of ether oxygens (including phenoxy) is 1. The minimum Gasteiger partial charge on any atom is -0.379 e. The minimum atomic E-state index is -0.374. The second-order valence-corrected chi connectivity index (χ2v) is 6.03. The average Bonchev–Trinajstić information content (AvgIpc) is 2.76. The SMILES string of the molecule is O=C1SC(=Cc2cccc(F)c2)C(=O)N1CN1CCOCC1. The molecule has 22 heavy (non-hydrogen) atoms. The predicted octanol–water partition coefficient (Wildman–Crippen LogP) is 2.15. The third kappa shape index (κ3) is 3.37. The van der Waals surface area contributed by atoms with Crippen molar-refractivity contribution in [3.8, 4) is 0 Å². The van der Waals surface area contributed by atoms with Gasteiger partial charge in [-0.2, -0.15) is 0 Å². The normalized spacial score (nSPS) is 21.9. The van der Waals surface area contributed by atoms with Gasteiger partial charge < -0.3 is 4.74 Å². The lowest BCUT2D eigenvalue weighted by Gasteiger charge is -2.29. The first-order valence-corrected chi connectivity index (χ1v) is 7.76. The van der Waals surface area contributed by atoms with Crippen LogP contribution < -0.4 is 0 Å². The summed E-state index contributed by atoms with van der Waals surface area (Å²) in [7, 11) is 0. The van der Waals surface area contributed by atoms with E-state index in [2.05, 4.69) is 0 Å². The van der Waals surface area contributed by atoms with Crippen LogP contribution in [-0.2, 0) is 9.53 Å². The summed E-state index contributed by atoms with van der Waals surface area (Å²) in [6.07, 6.45) is 1.55. The fourth-order valence-electron chi connectivity index (χ4n) is 2.31. The Morgan fingerprint density at radius 2 is 2.05 bits per heavy atom. The molecule has 1 aromatic carbocycles. The Labute approximate surface area is 131 Å². The zero-order chi connectivity index (χ0) is 15.5. The fraction of sp³-hybridized carbons (Fsp3) is 0.333. The van der Waals surface area contributed by atoms with Crippen molar-refractivity contribution in [1.82, 2.24) is 9.80 Å². The van der Waals surface area contributed by atoms with E-state index in [0.29, 0.717) is 36.8 Å². The smallest absolute Gasteiger partial charge is 0.294 e. The minimum absolute atomic E-state index is 0.272. The molecule has 2 aliphatic heterocycles. The molecule has 0 bridgehead atoms. The van der Waals surface area contributed by atoms with Crippen LogP contribution in [0.5, 0.6) is 0 Å². The van der Waals surface area contributed by atoms with Crippen LogP contribution in [0.3, 0.4) is 0 Å². The highest BCUT2D eigenvalue weighted by Gasteiger charge is 2.36. The number of carbonyl (C=O) groups excluding carboxylic acids is 2. The molecule has 0 aliphatic carbocycles. The van der Waals surface area contributed by atoms with E-state index in [1.165, 1.54) is 17.0 Å². The number of benzene rings is 1. The standard InChI is InChI=1S/C15H15FN2O3S/c16-12-3-1-2-11(8-12)9-13-14(19)18(15(20)22-13)10-17-4-6-21-7-5-17/h1-3,8-9H,4-7,10H2. The highest BCUT2D eigenvalue weighted by atomic mass is 32.2. The molecule has 2 aliphatic rings. The van der Waals surface area contributed by atoms with Crippen molar-refractivity contribution in [1.29, 1.82) is 0 Å². The molecule has 2 saturated heterocycles. The molecule has 7 heteroatoms. The summed E-state index contributed by atoms with van der Waals surface area (Å²) >= 11 is 0.889. The zero-order valence-electron chi connectivity index (χ0n) is 11.8. The van der Waals surface area contributed by atoms with Crippen molar-refractivity contribution in [2.75, 3.05) is 33.0 Å². The van der Waals surface area contributed by atoms with Gasteiger partial charge in [-0.15, -0.1) is 0 Å².